The predicted octanol–water partition coefficient (Wildman–Crippen LogP) is 3.34. The topological polar surface area (TPSA) is 48.4 Å². The minimum Gasteiger partial charge on any atom is -0.368 e. The molecule has 168 valence electrons. The molecule has 33 heavy (non-hydrogen) atoms. The van der Waals surface area contributed by atoms with Gasteiger partial charge in [-0.1, -0.05) is 46.9 Å². The number of ketones is 1. The molecule has 1 aliphatic rings. The number of carbonyl (C=O) groups is 2. The Balaban J connectivity index is 1.24. The summed E-state index contributed by atoms with van der Waals surface area (Å²) < 4.78 is 3.99. The van der Waals surface area contributed by atoms with Gasteiger partial charge in [0.05, 0.1) is 15.6 Å². The predicted molar refractivity (Wildman–Crippen MR) is 132 cm³/mol. The Morgan fingerprint density at radius 2 is 1.42 bits per heavy atom. The van der Waals surface area contributed by atoms with Gasteiger partial charge < -0.3 is 9.80 Å². The molecule has 9 heteroatoms. The normalized spacial score (nSPS) is 13.9. The molecule has 1 aromatic carbocycles. The van der Waals surface area contributed by atoms with Crippen LogP contribution in [0.5, 0.6) is 0 Å². The van der Waals surface area contributed by atoms with E-state index in [9.17, 15) is 9.59 Å². The number of aromatic nitrogens is 2. The van der Waals surface area contributed by atoms with Crippen LogP contribution < -0.4 is 14.0 Å². The Morgan fingerprint density at radius 3 is 2.06 bits per heavy atom. The molecule has 1 aliphatic heterocycles. The zero-order valence-corrected chi connectivity index (χ0v) is 20.5. The van der Waals surface area contributed by atoms with Crippen LogP contribution in [0.2, 0.25) is 0 Å². The Labute approximate surface area is 204 Å². The molecular formula is C24H24N4O2S3+2. The number of piperazine rings is 1. The number of rotatable bonds is 7. The van der Waals surface area contributed by atoms with Crippen molar-refractivity contribution in [2.24, 2.45) is 0 Å². The third-order valence-corrected chi connectivity index (χ3v) is 8.57. The second-order valence-electron chi connectivity index (χ2n) is 7.78. The summed E-state index contributed by atoms with van der Waals surface area (Å²) in [6, 6.07) is 14.1. The molecule has 1 amide bonds. The number of hydrogen-bond acceptors (Lipinski definition) is 6. The highest BCUT2D eigenvalue weighted by molar-refractivity contribution is 7.19. The minimum atomic E-state index is 0.102. The van der Waals surface area contributed by atoms with Crippen molar-refractivity contribution >= 4 is 51.4 Å². The zero-order chi connectivity index (χ0) is 22.6. The third-order valence-electron chi connectivity index (χ3n) is 5.71. The second-order valence-corrected chi connectivity index (χ2v) is 10.5. The third kappa shape index (κ3) is 4.90. The number of benzene rings is 1. The number of hydrogen-bond donors (Lipinski definition) is 0. The van der Waals surface area contributed by atoms with Gasteiger partial charge >= 0.3 is 10.0 Å². The number of anilines is 1. The molecule has 4 aromatic rings. The van der Waals surface area contributed by atoms with E-state index in [1.54, 1.807) is 22.7 Å². The van der Waals surface area contributed by atoms with E-state index in [2.05, 4.69) is 17.0 Å². The van der Waals surface area contributed by atoms with Gasteiger partial charge in [0.2, 0.25) is 18.9 Å². The molecule has 0 saturated carbocycles. The molecule has 1 fully saturated rings. The van der Waals surface area contributed by atoms with Crippen LogP contribution in [-0.4, -0.2) is 42.8 Å². The number of carbonyl (C=O) groups excluding carboxylic acids is 2. The van der Waals surface area contributed by atoms with Crippen molar-refractivity contribution < 1.29 is 18.7 Å². The SMILES string of the molecule is O=C(C[n+]1ccsc1-c1scc[n+]1CC(=O)N1CCN(c2ccccc2)CC1)c1cccs1. The van der Waals surface area contributed by atoms with E-state index in [4.69, 9.17) is 0 Å². The highest BCUT2D eigenvalue weighted by atomic mass is 32.1. The van der Waals surface area contributed by atoms with Gasteiger partial charge in [0.1, 0.15) is 0 Å². The first-order chi connectivity index (χ1) is 16.2. The molecule has 0 bridgehead atoms. The average Bonchev–Trinajstić information content (AvgIpc) is 3.62. The first kappa shape index (κ1) is 21.9. The Kier molecular flexibility index (Phi) is 6.61. The molecule has 0 spiro atoms. The fourth-order valence-corrected chi connectivity index (χ4v) is 6.55. The van der Waals surface area contributed by atoms with E-state index < -0.39 is 0 Å². The summed E-state index contributed by atoms with van der Waals surface area (Å²) in [5.74, 6) is 0.232. The van der Waals surface area contributed by atoms with Crippen LogP contribution in [0.25, 0.3) is 10.0 Å². The van der Waals surface area contributed by atoms with E-state index in [0.29, 0.717) is 13.1 Å². The Morgan fingerprint density at radius 1 is 0.758 bits per heavy atom. The maximum absolute atomic E-state index is 13.1. The molecule has 0 radical (unpaired) electrons. The van der Waals surface area contributed by atoms with E-state index in [1.807, 2.05) is 72.9 Å². The zero-order valence-electron chi connectivity index (χ0n) is 18.0. The van der Waals surface area contributed by atoms with E-state index in [-0.39, 0.29) is 11.7 Å². The van der Waals surface area contributed by atoms with Gasteiger partial charge in [0, 0.05) is 31.9 Å². The van der Waals surface area contributed by atoms with Gasteiger partial charge in [-0.2, -0.15) is 9.13 Å². The first-order valence-electron chi connectivity index (χ1n) is 10.8. The van der Waals surface area contributed by atoms with Crippen molar-refractivity contribution in [2.45, 2.75) is 13.1 Å². The van der Waals surface area contributed by atoms with Crippen molar-refractivity contribution in [3.63, 3.8) is 0 Å². The number of Topliss-reactive ketones (excluding diaryl/α,β-unsaturated/α-hetero) is 1. The lowest BCUT2D eigenvalue weighted by molar-refractivity contribution is -0.696. The quantitative estimate of drug-likeness (QED) is 0.291. The van der Waals surface area contributed by atoms with Crippen molar-refractivity contribution in [3.05, 3.63) is 75.9 Å². The van der Waals surface area contributed by atoms with Crippen LogP contribution in [0, 0.1) is 0 Å². The van der Waals surface area contributed by atoms with Gasteiger partial charge in [-0.05, 0) is 23.6 Å². The van der Waals surface area contributed by atoms with Crippen LogP contribution in [0.3, 0.4) is 0 Å². The smallest absolute Gasteiger partial charge is 0.346 e. The molecule has 0 atom stereocenters. The standard InChI is InChI=1S/C24H24N4O2S3/c29-20(21-7-4-14-31-21)17-27-12-15-32-23(27)24-28(13-16-33-24)18-22(30)26-10-8-25(9-11-26)19-5-2-1-3-6-19/h1-7,12-16H,8-11,17-18H2/q+2. The van der Waals surface area contributed by atoms with Gasteiger partial charge in [-0.25, -0.2) is 0 Å². The van der Waals surface area contributed by atoms with Crippen LogP contribution >= 0.6 is 34.0 Å². The summed E-state index contributed by atoms with van der Waals surface area (Å²) in [7, 11) is 0. The maximum Gasteiger partial charge on any atom is 0.346 e. The van der Waals surface area contributed by atoms with Crippen molar-refractivity contribution in [2.75, 3.05) is 31.1 Å². The summed E-state index contributed by atoms with van der Waals surface area (Å²) >= 11 is 4.66. The number of thiophene rings is 1. The summed E-state index contributed by atoms with van der Waals surface area (Å²) in [4.78, 5) is 30.8. The molecule has 1 saturated heterocycles. The van der Waals surface area contributed by atoms with Gasteiger partial charge in [0.25, 0.3) is 5.91 Å². The van der Waals surface area contributed by atoms with Crippen molar-refractivity contribution in [1.82, 2.24) is 4.90 Å². The number of para-hydroxylation sites is 1. The Bertz CT molecular complexity index is 1230. The lowest BCUT2D eigenvalue weighted by Gasteiger charge is -2.35. The number of nitrogens with zero attached hydrogens (tertiary/aromatic N) is 4. The average molecular weight is 497 g/mol. The first-order valence-corrected chi connectivity index (χ1v) is 13.4. The molecule has 0 aliphatic carbocycles. The molecule has 0 N–H and O–H groups in total. The summed E-state index contributed by atoms with van der Waals surface area (Å²) in [6.45, 7) is 3.73. The summed E-state index contributed by atoms with van der Waals surface area (Å²) in [5.41, 5.74) is 1.21. The van der Waals surface area contributed by atoms with Crippen LogP contribution in [0.1, 0.15) is 9.67 Å². The lowest BCUT2D eigenvalue weighted by atomic mass is 10.2. The van der Waals surface area contributed by atoms with Crippen LogP contribution in [0.15, 0.2) is 71.0 Å². The summed E-state index contributed by atoms with van der Waals surface area (Å²) in [5, 5.41) is 7.91. The van der Waals surface area contributed by atoms with E-state index in [1.165, 1.54) is 17.0 Å². The van der Waals surface area contributed by atoms with E-state index in [0.717, 1.165) is 41.1 Å². The molecule has 4 heterocycles. The van der Waals surface area contributed by atoms with Gasteiger partial charge in [-0.15, -0.1) is 11.3 Å². The molecule has 0 unspecified atom stereocenters. The highest BCUT2D eigenvalue weighted by Gasteiger charge is 2.31. The molecule has 5 rings (SSSR count). The van der Waals surface area contributed by atoms with E-state index >= 15 is 0 Å². The van der Waals surface area contributed by atoms with Gasteiger partial charge in [0.15, 0.2) is 12.4 Å². The van der Waals surface area contributed by atoms with Crippen LogP contribution in [-0.2, 0) is 17.9 Å². The molecular weight excluding hydrogens is 472 g/mol. The molecule has 6 nitrogen and oxygen atoms in total. The van der Waals surface area contributed by atoms with Crippen molar-refractivity contribution in [1.29, 1.82) is 0 Å². The monoisotopic (exact) mass is 496 g/mol. The second kappa shape index (κ2) is 9.94. The lowest BCUT2D eigenvalue weighted by Crippen LogP contribution is -2.53. The number of thiazole rings is 2. The fraction of sp³-hybridized carbons (Fsp3) is 0.250. The largest absolute Gasteiger partial charge is 0.368 e. The van der Waals surface area contributed by atoms with Crippen LogP contribution in [0.4, 0.5) is 5.69 Å². The van der Waals surface area contributed by atoms with Gasteiger partial charge in [-0.3, -0.25) is 9.59 Å². The number of amides is 1. The Hall–Kier alpha value is -2.88. The maximum atomic E-state index is 13.1. The molecule has 3 aromatic heterocycles. The fourth-order valence-electron chi connectivity index (χ4n) is 3.97. The summed E-state index contributed by atoms with van der Waals surface area (Å²) in [6.07, 6.45) is 3.91. The minimum absolute atomic E-state index is 0.102. The highest BCUT2D eigenvalue weighted by Crippen LogP contribution is 2.22. The van der Waals surface area contributed by atoms with Crippen molar-refractivity contribution in [3.8, 4) is 10.0 Å².